The van der Waals surface area contributed by atoms with Gasteiger partial charge in [-0.25, -0.2) is 0 Å². The molecule has 1 aromatic heterocycles. The van der Waals surface area contributed by atoms with E-state index in [0.29, 0.717) is 0 Å². The number of aliphatic hydroxyl groups is 1. The van der Waals surface area contributed by atoms with E-state index < -0.39 is 6.10 Å². The minimum absolute atomic E-state index is 0.0533. The van der Waals surface area contributed by atoms with E-state index in [4.69, 9.17) is 0 Å². The van der Waals surface area contributed by atoms with Crippen LogP contribution in [0, 0.1) is 0 Å². The van der Waals surface area contributed by atoms with Gasteiger partial charge >= 0.3 is 0 Å². The molecule has 1 aromatic carbocycles. The third kappa shape index (κ3) is 2.07. The molecule has 15 heavy (non-hydrogen) atoms. The van der Waals surface area contributed by atoms with Crippen LogP contribution in [0.1, 0.15) is 24.6 Å². The van der Waals surface area contributed by atoms with Crippen LogP contribution in [-0.2, 0) is 0 Å². The van der Waals surface area contributed by atoms with Crippen molar-refractivity contribution in [3.8, 4) is 0 Å². The normalized spacial score (nSPS) is 14.8. The van der Waals surface area contributed by atoms with Gasteiger partial charge in [0.2, 0.25) is 0 Å². The Hall–Kier alpha value is -1.61. The highest BCUT2D eigenvalue weighted by Gasteiger charge is 2.17. The van der Waals surface area contributed by atoms with Gasteiger partial charge in [0.25, 0.3) is 0 Å². The van der Waals surface area contributed by atoms with E-state index in [1.54, 1.807) is 10.9 Å². The van der Waals surface area contributed by atoms with E-state index in [0.717, 1.165) is 5.56 Å². The van der Waals surface area contributed by atoms with Gasteiger partial charge in [-0.2, -0.15) is 5.10 Å². The van der Waals surface area contributed by atoms with Crippen LogP contribution in [0.3, 0.4) is 0 Å². The maximum Gasteiger partial charge on any atom is 0.101 e. The lowest BCUT2D eigenvalue weighted by atomic mass is 10.0. The Kier molecular flexibility index (Phi) is 2.83. The summed E-state index contributed by atoms with van der Waals surface area (Å²) < 4.78 is 1.76. The second kappa shape index (κ2) is 4.28. The summed E-state index contributed by atoms with van der Waals surface area (Å²) in [6, 6.07) is 11.4. The average Bonchev–Trinajstić information content (AvgIpc) is 2.82. The Bertz CT molecular complexity index is 397. The Balaban J connectivity index is 2.18. The highest BCUT2D eigenvalue weighted by molar-refractivity contribution is 5.18. The molecule has 2 aromatic rings. The number of hydrogen-bond acceptors (Lipinski definition) is 2. The summed E-state index contributed by atoms with van der Waals surface area (Å²) in [5.41, 5.74) is 0.917. The summed E-state index contributed by atoms with van der Waals surface area (Å²) in [5.74, 6) is 0. The molecule has 78 valence electrons. The quantitative estimate of drug-likeness (QED) is 0.828. The van der Waals surface area contributed by atoms with Crippen molar-refractivity contribution in [1.29, 1.82) is 0 Å². The number of aromatic nitrogens is 2. The third-order valence-electron chi connectivity index (χ3n) is 2.54. The van der Waals surface area contributed by atoms with Crippen LogP contribution in [0.25, 0.3) is 0 Å². The Morgan fingerprint density at radius 1 is 1.20 bits per heavy atom. The number of hydrogen-bond donors (Lipinski definition) is 1. The van der Waals surface area contributed by atoms with E-state index in [-0.39, 0.29) is 6.04 Å². The van der Waals surface area contributed by atoms with E-state index in [9.17, 15) is 5.11 Å². The zero-order chi connectivity index (χ0) is 10.7. The first-order chi connectivity index (χ1) is 7.29. The molecule has 2 rings (SSSR count). The fourth-order valence-corrected chi connectivity index (χ4v) is 1.59. The molecule has 0 fully saturated rings. The molecule has 0 aliphatic carbocycles. The van der Waals surface area contributed by atoms with Gasteiger partial charge in [0.15, 0.2) is 0 Å². The predicted octanol–water partition coefficient (Wildman–Crippen LogP) is 2.18. The fourth-order valence-electron chi connectivity index (χ4n) is 1.59. The molecule has 1 heterocycles. The zero-order valence-electron chi connectivity index (χ0n) is 8.62. The van der Waals surface area contributed by atoms with Gasteiger partial charge in [-0.05, 0) is 18.6 Å². The Morgan fingerprint density at radius 3 is 2.53 bits per heavy atom. The number of nitrogens with zero attached hydrogens (tertiary/aromatic N) is 2. The average molecular weight is 202 g/mol. The zero-order valence-corrected chi connectivity index (χ0v) is 8.62. The van der Waals surface area contributed by atoms with Crippen LogP contribution >= 0.6 is 0 Å². The monoisotopic (exact) mass is 202 g/mol. The summed E-state index contributed by atoms with van der Waals surface area (Å²) in [5, 5.41) is 14.2. The van der Waals surface area contributed by atoms with Crippen molar-refractivity contribution in [1.82, 2.24) is 9.78 Å². The molecule has 2 unspecified atom stereocenters. The standard InChI is InChI=1S/C12H14N2O/c1-10(14-9-5-8-13-14)12(15)11-6-3-2-4-7-11/h2-10,12,15H,1H3. The molecule has 0 aliphatic rings. The molecule has 0 saturated carbocycles. The van der Waals surface area contributed by atoms with E-state index in [1.807, 2.05) is 49.5 Å². The number of aliphatic hydroxyl groups excluding tert-OH is 1. The highest BCUT2D eigenvalue weighted by atomic mass is 16.3. The van der Waals surface area contributed by atoms with Crippen molar-refractivity contribution in [3.63, 3.8) is 0 Å². The largest absolute Gasteiger partial charge is 0.386 e. The summed E-state index contributed by atoms with van der Waals surface area (Å²) in [6.07, 6.45) is 3.05. The van der Waals surface area contributed by atoms with Crippen LogP contribution in [0.4, 0.5) is 0 Å². The second-order valence-electron chi connectivity index (χ2n) is 3.58. The Labute approximate surface area is 89.0 Å². The summed E-state index contributed by atoms with van der Waals surface area (Å²) in [4.78, 5) is 0. The van der Waals surface area contributed by atoms with Gasteiger partial charge in [-0.15, -0.1) is 0 Å². The van der Waals surface area contributed by atoms with Gasteiger partial charge in [-0.3, -0.25) is 4.68 Å². The first-order valence-electron chi connectivity index (χ1n) is 5.01. The maximum absolute atomic E-state index is 10.1. The minimum Gasteiger partial charge on any atom is -0.386 e. The molecular weight excluding hydrogens is 188 g/mol. The van der Waals surface area contributed by atoms with Crippen LogP contribution < -0.4 is 0 Å². The van der Waals surface area contributed by atoms with Crippen molar-refractivity contribution in [3.05, 3.63) is 54.4 Å². The molecule has 2 atom stereocenters. The van der Waals surface area contributed by atoms with Crippen molar-refractivity contribution in [2.45, 2.75) is 19.1 Å². The summed E-state index contributed by atoms with van der Waals surface area (Å²) >= 11 is 0. The van der Waals surface area contributed by atoms with Crippen LogP contribution in [0.5, 0.6) is 0 Å². The fraction of sp³-hybridized carbons (Fsp3) is 0.250. The van der Waals surface area contributed by atoms with E-state index in [1.165, 1.54) is 0 Å². The lowest BCUT2D eigenvalue weighted by molar-refractivity contribution is 0.115. The predicted molar refractivity (Wildman–Crippen MR) is 58.3 cm³/mol. The first kappa shape index (κ1) is 9.93. The van der Waals surface area contributed by atoms with E-state index >= 15 is 0 Å². The highest BCUT2D eigenvalue weighted by Crippen LogP contribution is 2.24. The van der Waals surface area contributed by atoms with Crippen molar-refractivity contribution in [2.75, 3.05) is 0 Å². The lowest BCUT2D eigenvalue weighted by Gasteiger charge is -2.19. The molecule has 0 radical (unpaired) electrons. The number of benzene rings is 1. The summed E-state index contributed by atoms with van der Waals surface area (Å²) in [6.45, 7) is 1.95. The van der Waals surface area contributed by atoms with Crippen LogP contribution in [0.15, 0.2) is 48.8 Å². The molecule has 1 N–H and O–H groups in total. The molecule has 0 saturated heterocycles. The number of rotatable bonds is 3. The Morgan fingerprint density at radius 2 is 1.93 bits per heavy atom. The first-order valence-corrected chi connectivity index (χ1v) is 5.01. The van der Waals surface area contributed by atoms with Gasteiger partial charge in [-0.1, -0.05) is 30.3 Å². The molecule has 3 nitrogen and oxygen atoms in total. The van der Waals surface area contributed by atoms with Gasteiger partial charge in [0.1, 0.15) is 6.10 Å². The minimum atomic E-state index is -0.522. The third-order valence-corrected chi connectivity index (χ3v) is 2.54. The van der Waals surface area contributed by atoms with Crippen molar-refractivity contribution in [2.24, 2.45) is 0 Å². The molecule has 3 heteroatoms. The molecule has 0 amide bonds. The maximum atomic E-state index is 10.1. The van der Waals surface area contributed by atoms with E-state index in [2.05, 4.69) is 5.10 Å². The van der Waals surface area contributed by atoms with Gasteiger partial charge < -0.3 is 5.11 Å². The lowest BCUT2D eigenvalue weighted by Crippen LogP contribution is -2.15. The van der Waals surface area contributed by atoms with Crippen LogP contribution in [-0.4, -0.2) is 14.9 Å². The van der Waals surface area contributed by atoms with Crippen LogP contribution in [0.2, 0.25) is 0 Å². The topological polar surface area (TPSA) is 38.0 Å². The molecule has 0 aliphatic heterocycles. The van der Waals surface area contributed by atoms with Crippen molar-refractivity contribution < 1.29 is 5.11 Å². The molecule has 0 bridgehead atoms. The molecule has 0 spiro atoms. The smallest absolute Gasteiger partial charge is 0.101 e. The SMILES string of the molecule is CC(C(O)c1ccccc1)n1cccn1. The summed E-state index contributed by atoms with van der Waals surface area (Å²) in [7, 11) is 0. The second-order valence-corrected chi connectivity index (χ2v) is 3.58. The van der Waals surface area contributed by atoms with Gasteiger partial charge in [0, 0.05) is 12.4 Å². The molecular formula is C12H14N2O. The van der Waals surface area contributed by atoms with Crippen molar-refractivity contribution >= 4 is 0 Å². The van der Waals surface area contributed by atoms with Gasteiger partial charge in [0.05, 0.1) is 6.04 Å².